The van der Waals surface area contributed by atoms with Crippen LogP contribution in [0.4, 0.5) is 4.79 Å². The van der Waals surface area contributed by atoms with Crippen LogP contribution in [0, 0.1) is 0 Å². The number of pyridine rings is 1. The van der Waals surface area contributed by atoms with E-state index in [2.05, 4.69) is 10.3 Å². The molecule has 0 aliphatic carbocycles. The number of hydrogen-bond donors (Lipinski definition) is 2. The minimum atomic E-state index is -0.460. The van der Waals surface area contributed by atoms with Crippen molar-refractivity contribution in [2.75, 3.05) is 0 Å². The molecule has 0 atom stereocenters. The second kappa shape index (κ2) is 7.25. The van der Waals surface area contributed by atoms with E-state index in [0.29, 0.717) is 13.1 Å². The van der Waals surface area contributed by atoms with Crippen LogP contribution in [0.1, 0.15) is 16.8 Å². The molecule has 2 aromatic rings. The summed E-state index contributed by atoms with van der Waals surface area (Å²) in [6, 6.07) is 13.2. The highest BCUT2D eigenvalue weighted by molar-refractivity contribution is 5.67. The molecule has 0 radical (unpaired) electrons. The summed E-state index contributed by atoms with van der Waals surface area (Å²) in [6.45, 7) is 1.05. The van der Waals surface area contributed by atoms with Crippen molar-refractivity contribution >= 4 is 6.09 Å². The normalized spacial score (nSPS) is 10.1. The van der Waals surface area contributed by atoms with Crippen molar-refractivity contribution in [3.8, 4) is 0 Å². The average molecular weight is 271 g/mol. The van der Waals surface area contributed by atoms with Crippen molar-refractivity contribution in [2.45, 2.75) is 19.7 Å². The molecule has 3 N–H and O–H groups in total. The molecule has 0 fully saturated rings. The highest BCUT2D eigenvalue weighted by Crippen LogP contribution is 2.02. The van der Waals surface area contributed by atoms with E-state index in [1.165, 1.54) is 0 Å². The lowest BCUT2D eigenvalue weighted by molar-refractivity contribution is 0.139. The average Bonchev–Trinajstić information content (AvgIpc) is 2.52. The molecule has 0 bridgehead atoms. The van der Waals surface area contributed by atoms with E-state index in [0.717, 1.165) is 16.8 Å². The SMILES string of the molecule is NCc1ccc(CNC(=O)OCc2ccccc2)nc1. The Bertz CT molecular complexity index is 541. The number of nitrogens with zero attached hydrogens (tertiary/aromatic N) is 1. The molecule has 104 valence electrons. The van der Waals surface area contributed by atoms with E-state index < -0.39 is 6.09 Å². The molecular weight excluding hydrogens is 254 g/mol. The summed E-state index contributed by atoms with van der Waals surface area (Å²) in [5.74, 6) is 0. The van der Waals surface area contributed by atoms with E-state index >= 15 is 0 Å². The van der Waals surface area contributed by atoms with E-state index in [1.807, 2.05) is 42.5 Å². The minimum absolute atomic E-state index is 0.256. The second-order valence-corrected chi connectivity index (χ2v) is 4.28. The van der Waals surface area contributed by atoms with E-state index in [4.69, 9.17) is 10.5 Å². The molecule has 1 heterocycles. The molecule has 0 spiro atoms. The molecule has 1 aromatic heterocycles. The fraction of sp³-hybridized carbons (Fsp3) is 0.200. The predicted molar refractivity (Wildman–Crippen MR) is 75.6 cm³/mol. The van der Waals surface area contributed by atoms with Crippen LogP contribution in [0.25, 0.3) is 0 Å². The Hall–Kier alpha value is -2.40. The largest absolute Gasteiger partial charge is 0.445 e. The number of benzene rings is 1. The third-order valence-corrected chi connectivity index (χ3v) is 2.75. The molecule has 0 saturated heterocycles. The Morgan fingerprint density at radius 3 is 2.60 bits per heavy atom. The van der Waals surface area contributed by atoms with Gasteiger partial charge in [0.2, 0.25) is 0 Å². The third kappa shape index (κ3) is 4.37. The quantitative estimate of drug-likeness (QED) is 0.871. The van der Waals surface area contributed by atoms with Crippen LogP contribution in [0.3, 0.4) is 0 Å². The zero-order valence-corrected chi connectivity index (χ0v) is 11.1. The molecule has 0 unspecified atom stereocenters. The summed E-state index contributed by atoms with van der Waals surface area (Å²) in [6.07, 6.45) is 1.24. The van der Waals surface area contributed by atoms with Gasteiger partial charge in [-0.05, 0) is 17.2 Å². The van der Waals surface area contributed by atoms with Crippen LogP contribution >= 0.6 is 0 Å². The third-order valence-electron chi connectivity index (χ3n) is 2.75. The molecule has 0 aliphatic rings. The first-order valence-electron chi connectivity index (χ1n) is 6.36. The highest BCUT2D eigenvalue weighted by Gasteiger charge is 2.03. The first kappa shape index (κ1) is 14.0. The zero-order valence-electron chi connectivity index (χ0n) is 11.1. The van der Waals surface area contributed by atoms with E-state index in [1.54, 1.807) is 6.20 Å². The fourth-order valence-electron chi connectivity index (χ4n) is 1.62. The van der Waals surface area contributed by atoms with E-state index in [-0.39, 0.29) is 6.61 Å². The Morgan fingerprint density at radius 1 is 1.15 bits per heavy atom. The van der Waals surface area contributed by atoms with Gasteiger partial charge >= 0.3 is 6.09 Å². The molecule has 20 heavy (non-hydrogen) atoms. The van der Waals surface area contributed by atoms with Gasteiger partial charge in [0.05, 0.1) is 12.2 Å². The number of nitrogens with one attached hydrogen (secondary N) is 1. The molecule has 0 saturated carbocycles. The molecular formula is C15H17N3O2. The smallest absolute Gasteiger partial charge is 0.407 e. The van der Waals surface area contributed by atoms with E-state index in [9.17, 15) is 4.79 Å². The number of nitrogens with two attached hydrogens (primary N) is 1. The van der Waals surface area contributed by atoms with Crippen LogP contribution in [-0.4, -0.2) is 11.1 Å². The maximum atomic E-state index is 11.5. The minimum Gasteiger partial charge on any atom is -0.445 e. The first-order chi connectivity index (χ1) is 9.78. The summed E-state index contributed by atoms with van der Waals surface area (Å²) < 4.78 is 5.10. The monoisotopic (exact) mass is 271 g/mol. The summed E-state index contributed by atoms with van der Waals surface area (Å²) >= 11 is 0. The van der Waals surface area contributed by atoms with Gasteiger partial charge in [-0.1, -0.05) is 36.4 Å². The number of aromatic nitrogens is 1. The second-order valence-electron chi connectivity index (χ2n) is 4.28. The lowest BCUT2D eigenvalue weighted by Gasteiger charge is -2.07. The van der Waals surface area contributed by atoms with Crippen molar-refractivity contribution in [3.63, 3.8) is 0 Å². The van der Waals surface area contributed by atoms with Gasteiger partial charge in [0.25, 0.3) is 0 Å². The number of alkyl carbamates (subject to hydrolysis) is 1. The van der Waals surface area contributed by atoms with Gasteiger partial charge in [-0.25, -0.2) is 4.79 Å². The van der Waals surface area contributed by atoms with Crippen molar-refractivity contribution in [1.82, 2.24) is 10.3 Å². The molecule has 0 aliphatic heterocycles. The Morgan fingerprint density at radius 2 is 1.95 bits per heavy atom. The van der Waals surface area contributed by atoms with Crippen molar-refractivity contribution in [2.24, 2.45) is 5.73 Å². The molecule has 5 nitrogen and oxygen atoms in total. The van der Waals surface area contributed by atoms with Gasteiger partial charge in [-0.15, -0.1) is 0 Å². The van der Waals surface area contributed by atoms with Crippen LogP contribution in [-0.2, 0) is 24.4 Å². The number of amides is 1. The maximum Gasteiger partial charge on any atom is 0.407 e. The van der Waals surface area contributed by atoms with Crippen molar-refractivity contribution in [3.05, 3.63) is 65.5 Å². The summed E-state index contributed by atoms with van der Waals surface area (Å²) in [7, 11) is 0. The molecule has 2 rings (SSSR count). The molecule has 5 heteroatoms. The topological polar surface area (TPSA) is 77.2 Å². The maximum absolute atomic E-state index is 11.5. The van der Waals surface area contributed by atoms with Gasteiger partial charge in [0.15, 0.2) is 0 Å². The Labute approximate surface area is 117 Å². The van der Waals surface area contributed by atoms with Crippen molar-refractivity contribution in [1.29, 1.82) is 0 Å². The van der Waals surface area contributed by atoms with Crippen molar-refractivity contribution < 1.29 is 9.53 Å². The number of hydrogen-bond acceptors (Lipinski definition) is 4. The lowest BCUT2D eigenvalue weighted by atomic mass is 10.2. The summed E-state index contributed by atoms with van der Waals surface area (Å²) in [5, 5.41) is 2.65. The molecule has 1 aromatic carbocycles. The number of ether oxygens (including phenoxy) is 1. The van der Waals surface area contributed by atoms with Crippen LogP contribution in [0.15, 0.2) is 48.7 Å². The molecule has 1 amide bonds. The highest BCUT2D eigenvalue weighted by atomic mass is 16.5. The predicted octanol–water partition coefficient (Wildman–Crippen LogP) is 1.97. The lowest BCUT2D eigenvalue weighted by Crippen LogP contribution is -2.24. The summed E-state index contributed by atoms with van der Waals surface area (Å²) in [4.78, 5) is 15.7. The summed E-state index contributed by atoms with van der Waals surface area (Å²) in [5.41, 5.74) is 8.16. The number of carbonyl (C=O) groups is 1. The zero-order chi connectivity index (χ0) is 14.2. The first-order valence-corrected chi connectivity index (χ1v) is 6.36. The van der Waals surface area contributed by atoms with Gasteiger partial charge in [-0.3, -0.25) is 4.98 Å². The van der Waals surface area contributed by atoms with Gasteiger partial charge < -0.3 is 15.8 Å². The van der Waals surface area contributed by atoms with Crippen LogP contribution < -0.4 is 11.1 Å². The van der Waals surface area contributed by atoms with Gasteiger partial charge in [0.1, 0.15) is 6.61 Å². The van der Waals surface area contributed by atoms with Gasteiger partial charge in [0, 0.05) is 12.7 Å². The standard InChI is InChI=1S/C15H17N3O2/c16-8-13-6-7-14(17-9-13)10-18-15(19)20-11-12-4-2-1-3-5-12/h1-7,9H,8,10-11,16H2,(H,18,19). The number of rotatable bonds is 5. The Balaban J connectivity index is 1.74. The number of carbonyl (C=O) groups excluding carboxylic acids is 1. The Kier molecular flexibility index (Phi) is 5.08. The van der Waals surface area contributed by atoms with Crippen LogP contribution in [0.2, 0.25) is 0 Å². The fourth-order valence-corrected chi connectivity index (χ4v) is 1.62. The van der Waals surface area contributed by atoms with Gasteiger partial charge in [-0.2, -0.15) is 0 Å². The van der Waals surface area contributed by atoms with Crippen LogP contribution in [0.5, 0.6) is 0 Å².